The standard InChI is InChI=1S/C33H40O6/c1-25(2)31(34)38-23-11-7-9-21-36-29-17-13-27(14-18-29)33(5,6)28-15-19-30(20-16-28)37-22-10-8-12-24-39-32(35)26(3)4/h9-10,13-22H,1,3,7-8,11-12,23-24H2,2,4-6H3. The van der Waals surface area contributed by atoms with Gasteiger partial charge in [0.05, 0.1) is 25.7 Å². The maximum absolute atomic E-state index is 11.3. The van der Waals surface area contributed by atoms with E-state index in [9.17, 15) is 9.59 Å². The SMILES string of the molecule is C=C(C)C(=O)OCCCC=COc1ccc(C(C)(C)c2ccc(OC=CCCCOC(=O)C(=C)C)cc2)cc1. The highest BCUT2D eigenvalue weighted by molar-refractivity contribution is 5.87. The van der Waals surface area contributed by atoms with Crippen molar-refractivity contribution in [2.45, 2.75) is 58.8 Å². The van der Waals surface area contributed by atoms with Crippen molar-refractivity contribution in [3.05, 3.63) is 109 Å². The van der Waals surface area contributed by atoms with Gasteiger partial charge in [-0.05, 0) is 87.1 Å². The van der Waals surface area contributed by atoms with Gasteiger partial charge in [0, 0.05) is 16.6 Å². The first-order chi connectivity index (χ1) is 18.6. The molecule has 0 aliphatic carbocycles. The predicted molar refractivity (Wildman–Crippen MR) is 155 cm³/mol. The van der Waals surface area contributed by atoms with Crippen molar-refractivity contribution in [3.63, 3.8) is 0 Å². The van der Waals surface area contributed by atoms with E-state index in [0.29, 0.717) is 24.4 Å². The van der Waals surface area contributed by atoms with Crippen LogP contribution < -0.4 is 9.47 Å². The lowest BCUT2D eigenvalue weighted by Crippen LogP contribution is -2.18. The monoisotopic (exact) mass is 532 g/mol. The molecule has 0 fully saturated rings. The van der Waals surface area contributed by atoms with Crippen LogP contribution in [0.1, 0.15) is 64.5 Å². The molecular formula is C33H40O6. The molecule has 0 atom stereocenters. The number of ether oxygens (including phenoxy) is 4. The summed E-state index contributed by atoms with van der Waals surface area (Å²) < 4.78 is 21.5. The Morgan fingerprint density at radius 1 is 0.692 bits per heavy atom. The van der Waals surface area contributed by atoms with E-state index in [1.807, 2.05) is 36.4 Å². The van der Waals surface area contributed by atoms with Gasteiger partial charge in [-0.25, -0.2) is 9.59 Å². The molecule has 39 heavy (non-hydrogen) atoms. The average Bonchev–Trinajstić information content (AvgIpc) is 2.92. The first-order valence-corrected chi connectivity index (χ1v) is 13.1. The highest BCUT2D eigenvalue weighted by atomic mass is 16.5. The summed E-state index contributed by atoms with van der Waals surface area (Å²) >= 11 is 0. The fourth-order valence-corrected chi connectivity index (χ4v) is 3.43. The summed E-state index contributed by atoms with van der Waals surface area (Å²) in [6, 6.07) is 16.1. The smallest absolute Gasteiger partial charge is 0.333 e. The number of allylic oxidation sites excluding steroid dienone is 2. The van der Waals surface area contributed by atoms with Crippen molar-refractivity contribution in [2.75, 3.05) is 13.2 Å². The van der Waals surface area contributed by atoms with Crippen molar-refractivity contribution in [3.8, 4) is 11.5 Å². The minimum Gasteiger partial charge on any atom is -0.465 e. The molecule has 2 aromatic rings. The second-order valence-corrected chi connectivity index (χ2v) is 9.77. The molecule has 0 aromatic heterocycles. The van der Waals surface area contributed by atoms with Crippen molar-refractivity contribution in [1.82, 2.24) is 0 Å². The van der Waals surface area contributed by atoms with Crippen LogP contribution in [0.2, 0.25) is 0 Å². The number of rotatable bonds is 16. The van der Waals surface area contributed by atoms with Gasteiger partial charge in [-0.15, -0.1) is 0 Å². The summed E-state index contributed by atoms with van der Waals surface area (Å²) in [5, 5.41) is 0. The van der Waals surface area contributed by atoms with E-state index in [0.717, 1.165) is 37.2 Å². The zero-order valence-electron chi connectivity index (χ0n) is 23.5. The molecule has 0 aliphatic rings. The Hall–Kier alpha value is -4.06. The molecule has 0 saturated carbocycles. The molecule has 0 heterocycles. The summed E-state index contributed by atoms with van der Waals surface area (Å²) in [4.78, 5) is 22.7. The molecule has 0 unspecified atom stereocenters. The molecule has 6 heteroatoms. The molecule has 0 radical (unpaired) electrons. The van der Waals surface area contributed by atoms with Crippen LogP contribution in [0.25, 0.3) is 0 Å². The third-order valence-electron chi connectivity index (χ3n) is 5.95. The van der Waals surface area contributed by atoms with E-state index in [2.05, 4.69) is 51.3 Å². The molecule has 6 nitrogen and oxygen atoms in total. The largest absolute Gasteiger partial charge is 0.465 e. The summed E-state index contributed by atoms with van der Waals surface area (Å²) in [6.07, 6.45) is 10.1. The molecule has 2 rings (SSSR count). The fraction of sp³-hybridized carbons (Fsp3) is 0.333. The summed E-state index contributed by atoms with van der Waals surface area (Å²) in [5.74, 6) is 0.792. The van der Waals surface area contributed by atoms with Gasteiger partial charge in [0.2, 0.25) is 0 Å². The quantitative estimate of drug-likeness (QED) is 0.0960. The van der Waals surface area contributed by atoms with Gasteiger partial charge in [0.15, 0.2) is 0 Å². The Balaban J connectivity index is 1.78. The number of carbonyl (C=O) groups excluding carboxylic acids is 2. The van der Waals surface area contributed by atoms with Crippen molar-refractivity contribution in [2.24, 2.45) is 0 Å². The third-order valence-corrected chi connectivity index (χ3v) is 5.95. The van der Waals surface area contributed by atoms with Crippen molar-refractivity contribution >= 4 is 11.9 Å². The molecule has 0 spiro atoms. The average molecular weight is 533 g/mol. The summed E-state index contributed by atoms with van der Waals surface area (Å²) in [7, 11) is 0. The Bertz CT molecular complexity index is 1060. The van der Waals surface area contributed by atoms with Gasteiger partial charge in [0.1, 0.15) is 11.5 Å². The lowest BCUT2D eigenvalue weighted by atomic mass is 9.78. The van der Waals surface area contributed by atoms with Gasteiger partial charge in [-0.1, -0.05) is 51.3 Å². The van der Waals surface area contributed by atoms with E-state index in [-0.39, 0.29) is 17.4 Å². The van der Waals surface area contributed by atoms with Gasteiger partial charge in [-0.3, -0.25) is 0 Å². The zero-order chi connectivity index (χ0) is 28.7. The first-order valence-electron chi connectivity index (χ1n) is 13.1. The third kappa shape index (κ3) is 11.1. The molecule has 0 bridgehead atoms. The van der Waals surface area contributed by atoms with E-state index < -0.39 is 0 Å². The van der Waals surface area contributed by atoms with Gasteiger partial charge in [-0.2, -0.15) is 0 Å². The molecule has 2 aromatic carbocycles. The van der Waals surface area contributed by atoms with Crippen molar-refractivity contribution in [1.29, 1.82) is 0 Å². The van der Waals surface area contributed by atoms with Crippen LogP contribution >= 0.6 is 0 Å². The predicted octanol–water partition coefficient (Wildman–Crippen LogP) is 7.60. The number of unbranched alkanes of at least 4 members (excludes halogenated alkanes) is 2. The van der Waals surface area contributed by atoms with Crippen LogP contribution in [0, 0.1) is 0 Å². The minimum atomic E-state index is -0.358. The maximum Gasteiger partial charge on any atom is 0.333 e. The maximum atomic E-state index is 11.3. The second kappa shape index (κ2) is 16.0. The number of esters is 2. The van der Waals surface area contributed by atoms with Gasteiger partial charge in [0.25, 0.3) is 0 Å². The minimum absolute atomic E-state index is 0.203. The molecule has 0 N–H and O–H groups in total. The van der Waals surface area contributed by atoms with E-state index >= 15 is 0 Å². The summed E-state index contributed by atoms with van der Waals surface area (Å²) in [5.41, 5.74) is 2.94. The van der Waals surface area contributed by atoms with Crippen LogP contribution in [0.4, 0.5) is 0 Å². The number of hydrogen-bond acceptors (Lipinski definition) is 6. The Morgan fingerprint density at radius 2 is 1.05 bits per heavy atom. The van der Waals surface area contributed by atoms with Gasteiger partial charge < -0.3 is 18.9 Å². The molecule has 0 amide bonds. The highest BCUT2D eigenvalue weighted by Crippen LogP contribution is 2.33. The lowest BCUT2D eigenvalue weighted by Gasteiger charge is -2.26. The number of hydrogen-bond donors (Lipinski definition) is 0. The normalized spacial score (nSPS) is 11.4. The van der Waals surface area contributed by atoms with E-state index in [1.165, 1.54) is 11.1 Å². The van der Waals surface area contributed by atoms with Gasteiger partial charge >= 0.3 is 11.9 Å². The first kappa shape index (κ1) is 31.2. The topological polar surface area (TPSA) is 71.1 Å². The van der Waals surface area contributed by atoms with E-state index in [4.69, 9.17) is 18.9 Å². The lowest BCUT2D eigenvalue weighted by molar-refractivity contribution is -0.139. The molecule has 0 saturated heterocycles. The number of benzene rings is 2. The Morgan fingerprint density at radius 3 is 1.38 bits per heavy atom. The molecular weight excluding hydrogens is 492 g/mol. The Kier molecular flexibility index (Phi) is 12.8. The second-order valence-electron chi connectivity index (χ2n) is 9.77. The van der Waals surface area contributed by atoms with Crippen LogP contribution in [0.3, 0.4) is 0 Å². The van der Waals surface area contributed by atoms with Crippen LogP contribution in [-0.4, -0.2) is 25.2 Å². The van der Waals surface area contributed by atoms with E-state index in [1.54, 1.807) is 26.4 Å². The van der Waals surface area contributed by atoms with Crippen LogP contribution in [-0.2, 0) is 24.5 Å². The summed E-state index contributed by atoms with van der Waals surface area (Å²) in [6.45, 7) is 15.5. The Labute approximate surface area is 232 Å². The zero-order valence-corrected chi connectivity index (χ0v) is 23.5. The van der Waals surface area contributed by atoms with Crippen LogP contribution in [0.15, 0.2) is 97.5 Å². The number of carbonyl (C=O) groups is 2. The molecule has 208 valence electrons. The molecule has 0 aliphatic heterocycles. The van der Waals surface area contributed by atoms with Crippen molar-refractivity contribution < 1.29 is 28.5 Å². The van der Waals surface area contributed by atoms with Crippen LogP contribution in [0.5, 0.6) is 11.5 Å². The fourth-order valence-electron chi connectivity index (χ4n) is 3.43. The highest BCUT2D eigenvalue weighted by Gasteiger charge is 2.23.